The summed E-state index contributed by atoms with van der Waals surface area (Å²) in [6.07, 6.45) is -2.20. The van der Waals surface area contributed by atoms with Crippen LogP contribution in [-0.4, -0.2) is 261 Å². The molecule has 0 aromatic heterocycles. The number of ether oxygens (including phenoxy) is 12. The molecule has 16 atom stereocenters. The van der Waals surface area contributed by atoms with Crippen LogP contribution in [0.5, 0.6) is 11.5 Å². The number of hydrogen-bond donors (Lipinski definition) is 10. The SMILES string of the molecule is C=CC(=O)NCC(OC)OC.C=CC(=O)NCC1OC(CC(O)CC2CC(C[C@@H](C)O)OC(CC)O2)CC(CC(CC)OC(C)=O)O1.CC.CCC(CC(O)CC(O)CC(O)CC(O)CC(O)C[C@@H](C)O)OC(C)=O.COc1ccc(C(=O)c2ccc(C[N+](C)(C)CC(OC)OC)cc2)c(OC(C)=O)c1.[Br-]. The van der Waals surface area contributed by atoms with Gasteiger partial charge in [-0.15, -0.1) is 0 Å². The Morgan fingerprint density at radius 2 is 1.00 bits per heavy atom. The van der Waals surface area contributed by atoms with Gasteiger partial charge in [-0.1, -0.05) is 72.0 Å². The largest absolute Gasteiger partial charge is 1.00 e. The number of likely N-dealkylation sites (N-methyl/N-ethyl adjacent to an activating group) is 1. The number of esters is 3. The van der Waals surface area contributed by atoms with Crippen molar-refractivity contribution in [2.45, 2.75) is 283 Å². The van der Waals surface area contributed by atoms with E-state index in [-0.39, 0.29) is 141 Å². The number of methoxy groups -OCH3 is 5. The number of quaternary nitrogens is 1. The lowest BCUT2D eigenvalue weighted by molar-refractivity contribution is -0.909. The Balaban J connectivity index is 0. The molecule has 4 rings (SSSR count). The molecule has 2 aliphatic rings. The molecule has 14 unspecified atom stereocenters. The van der Waals surface area contributed by atoms with Gasteiger partial charge < -0.3 is 130 Å². The third-order valence-corrected chi connectivity index (χ3v) is 16.3. The van der Waals surface area contributed by atoms with Gasteiger partial charge in [-0.2, -0.15) is 0 Å². The van der Waals surface area contributed by atoms with Crippen molar-refractivity contribution in [3.05, 3.63) is 84.5 Å². The molecule has 2 heterocycles. The number of hydrogen-bond acceptors (Lipinski definition) is 26. The molecule has 2 fully saturated rings. The fourth-order valence-corrected chi connectivity index (χ4v) is 11.5. The van der Waals surface area contributed by atoms with Gasteiger partial charge in [0.15, 0.2) is 24.7 Å². The molecule has 0 aliphatic carbocycles. The van der Waals surface area contributed by atoms with E-state index in [0.29, 0.717) is 92.2 Å². The number of carbonyl (C=O) groups is 6. The summed E-state index contributed by atoms with van der Waals surface area (Å²) in [6, 6.07) is 12.2. The summed E-state index contributed by atoms with van der Waals surface area (Å²) in [7, 11) is 12.0. The molecule has 612 valence electrons. The number of benzene rings is 2. The van der Waals surface area contributed by atoms with Gasteiger partial charge in [-0.25, -0.2) is 0 Å². The number of halogens is 1. The molecule has 2 aromatic carbocycles. The van der Waals surface area contributed by atoms with Crippen LogP contribution >= 0.6 is 0 Å². The van der Waals surface area contributed by atoms with E-state index in [9.17, 15) is 69.6 Å². The highest BCUT2D eigenvalue weighted by molar-refractivity contribution is 6.11. The first-order chi connectivity index (χ1) is 49.6. The monoisotopic (exact) mass is 1580 g/mol. The van der Waals surface area contributed by atoms with Crippen LogP contribution in [0.4, 0.5) is 0 Å². The van der Waals surface area contributed by atoms with Crippen LogP contribution < -0.4 is 37.1 Å². The molecule has 0 bridgehead atoms. The predicted molar refractivity (Wildman–Crippen MR) is 392 cm³/mol. The van der Waals surface area contributed by atoms with Gasteiger partial charge in [0, 0.05) is 92.1 Å². The standard InChI is InChI=1S/C26H45NO9.C23H30NO6.C18H36O8.C7H13NO3.C2H6.BrH/c1-6-19(32-17(5)29)12-23-14-22(35-26(36-23)15-27-24(31)7-2)11-18(30)10-21-13-20(9-16(4)28)33-25(8-3)34-21;1-16(25)30-21-13-19(27-4)11-12-20(21)23(26)18-9-7-17(8-10-18)14-24(2,3)15-22(28-5)29-6;1-4-18(26-12(3)20)10-17(25)9-16(24)8-15(23)7-14(22)6-13(21)5-11(2)19;1-4-6(9)8-5-7(10-2)11-3;1-2;/h7,16,18-23,25-26,28,30H,2,6,8-15H2,1,3-5H3,(H,27,31);7-13,22H,14-15H2,1-6H3;11,13-19,21-25H,4-10H2,1-3H3;4,7H,1,5H2,2-3H3,(H,8,9);1-2H3;1H/q;+1;;;;/p-1/t16-,18?,19?,20?,21?,22?,23?,25?,26?;;11-,13?,14?,15?,16?,17?,18?;;;/m1.1.../s1. The van der Waals surface area contributed by atoms with E-state index in [2.05, 4.69) is 37.9 Å². The average molecular weight is 1580 g/mol. The minimum Gasteiger partial charge on any atom is -1.00 e. The smallest absolute Gasteiger partial charge is 0.308 e. The molecule has 29 nitrogen and oxygen atoms in total. The van der Waals surface area contributed by atoms with Gasteiger partial charge in [0.05, 0.1) is 113 Å². The molecule has 2 amide bonds. The van der Waals surface area contributed by atoms with Crippen molar-refractivity contribution in [1.82, 2.24) is 10.6 Å². The van der Waals surface area contributed by atoms with Crippen molar-refractivity contribution in [3.8, 4) is 11.5 Å². The van der Waals surface area contributed by atoms with E-state index in [1.54, 1.807) is 45.4 Å². The summed E-state index contributed by atoms with van der Waals surface area (Å²) in [5, 5.41) is 84.5. The zero-order valence-electron chi connectivity index (χ0n) is 65.7. The zero-order chi connectivity index (χ0) is 79.9. The molecule has 0 spiro atoms. The lowest BCUT2D eigenvalue weighted by atomic mass is 9.95. The van der Waals surface area contributed by atoms with E-state index < -0.39 is 73.2 Å². The summed E-state index contributed by atoms with van der Waals surface area (Å²) in [6.45, 7) is 25.6. The van der Waals surface area contributed by atoms with Crippen LogP contribution in [0.2, 0.25) is 0 Å². The maximum atomic E-state index is 13.0. The number of nitrogens with zero attached hydrogens (tertiary/aromatic N) is 1. The first-order valence-electron chi connectivity index (χ1n) is 36.2. The van der Waals surface area contributed by atoms with Gasteiger partial charge in [0.2, 0.25) is 18.1 Å². The summed E-state index contributed by atoms with van der Waals surface area (Å²) < 4.78 is 65.7. The van der Waals surface area contributed by atoms with Crippen LogP contribution in [0.1, 0.15) is 187 Å². The molecular formula is C76H130BrN3O26. The van der Waals surface area contributed by atoms with Crippen LogP contribution in [0.25, 0.3) is 0 Å². The van der Waals surface area contributed by atoms with Gasteiger partial charge >= 0.3 is 17.9 Å². The van der Waals surface area contributed by atoms with Gasteiger partial charge in [0.25, 0.3) is 0 Å². The van der Waals surface area contributed by atoms with Crippen LogP contribution in [0.3, 0.4) is 0 Å². The highest BCUT2D eigenvalue weighted by Crippen LogP contribution is 2.32. The summed E-state index contributed by atoms with van der Waals surface area (Å²) in [5.74, 6) is -1.38. The number of ketones is 1. The highest BCUT2D eigenvalue weighted by atomic mass is 79.9. The van der Waals surface area contributed by atoms with Crippen molar-refractivity contribution in [1.29, 1.82) is 0 Å². The van der Waals surface area contributed by atoms with Crippen molar-refractivity contribution in [2.24, 2.45) is 0 Å². The lowest BCUT2D eigenvalue weighted by Gasteiger charge is -2.39. The number of carbonyl (C=O) groups excluding carboxylic acids is 6. The first-order valence-corrected chi connectivity index (χ1v) is 36.2. The molecule has 0 radical (unpaired) electrons. The topological polar surface area (TPSA) is 399 Å². The van der Waals surface area contributed by atoms with E-state index >= 15 is 0 Å². The van der Waals surface area contributed by atoms with Crippen LogP contribution in [0, 0.1) is 0 Å². The minimum atomic E-state index is -0.985. The van der Waals surface area contributed by atoms with Crippen molar-refractivity contribution in [2.75, 3.05) is 69.3 Å². The fraction of sp³-hybridized carbons (Fsp3) is 0.711. The molecule has 2 aliphatic heterocycles. The van der Waals surface area contributed by atoms with E-state index in [0.717, 1.165) is 12.1 Å². The van der Waals surface area contributed by atoms with E-state index in [1.165, 1.54) is 67.2 Å². The third-order valence-electron chi connectivity index (χ3n) is 16.3. The number of aliphatic hydroxyl groups is 8. The lowest BCUT2D eigenvalue weighted by Crippen LogP contribution is -3.00. The first kappa shape index (κ1) is 103. The number of amides is 2. The van der Waals surface area contributed by atoms with Gasteiger partial charge in [-0.3, -0.25) is 28.8 Å². The molecule has 30 heteroatoms. The Kier molecular flexibility index (Phi) is 55.7. The third kappa shape index (κ3) is 46.8. The van der Waals surface area contributed by atoms with E-state index in [4.69, 9.17) is 56.8 Å². The normalized spacial score (nSPS) is 19.8. The van der Waals surface area contributed by atoms with Crippen molar-refractivity contribution < 1.29 is 148 Å². The molecular weight excluding hydrogens is 1450 g/mol. The Labute approximate surface area is 639 Å². The highest BCUT2D eigenvalue weighted by Gasteiger charge is 2.36. The minimum absolute atomic E-state index is 0. The second-order valence-corrected chi connectivity index (χ2v) is 26.5. The second-order valence-electron chi connectivity index (χ2n) is 26.5. The second kappa shape index (κ2) is 57.6. The summed E-state index contributed by atoms with van der Waals surface area (Å²) in [4.78, 5) is 69.1. The molecule has 0 saturated carbocycles. The Bertz CT molecular complexity index is 2740. The number of rotatable bonds is 43. The fourth-order valence-electron chi connectivity index (χ4n) is 11.5. The van der Waals surface area contributed by atoms with Crippen LogP contribution in [0.15, 0.2) is 67.8 Å². The maximum Gasteiger partial charge on any atom is 0.308 e. The van der Waals surface area contributed by atoms with Gasteiger partial charge in [-0.05, 0) is 109 Å². The summed E-state index contributed by atoms with van der Waals surface area (Å²) in [5.41, 5.74) is 1.89. The Morgan fingerprint density at radius 1 is 0.557 bits per heavy atom. The zero-order valence-corrected chi connectivity index (χ0v) is 67.3. The quantitative estimate of drug-likeness (QED) is 0.0114. The molecule has 2 saturated heterocycles. The van der Waals surface area contributed by atoms with Gasteiger partial charge in [0.1, 0.15) is 36.8 Å². The average Bonchev–Trinajstić information content (AvgIpc) is 0.817. The Morgan fingerprint density at radius 3 is 1.42 bits per heavy atom. The van der Waals surface area contributed by atoms with Crippen molar-refractivity contribution >= 4 is 35.5 Å². The summed E-state index contributed by atoms with van der Waals surface area (Å²) >= 11 is 0. The van der Waals surface area contributed by atoms with Crippen molar-refractivity contribution in [3.63, 3.8) is 0 Å². The molecule has 106 heavy (non-hydrogen) atoms. The number of aliphatic hydroxyl groups excluding tert-OH is 8. The van der Waals surface area contributed by atoms with Crippen LogP contribution in [-0.2, 0) is 77.9 Å². The maximum absolute atomic E-state index is 13.0. The predicted octanol–water partition coefficient (Wildman–Crippen LogP) is 3.18. The Hall–Kier alpha value is -5.46. The molecule has 10 N–H and O–H groups in total. The molecule has 2 aromatic rings. The number of nitrogens with one attached hydrogen (secondary N) is 2. The van der Waals surface area contributed by atoms with E-state index in [1.807, 2.05) is 46.8 Å².